The Balaban J connectivity index is 2.46. The van der Waals surface area contributed by atoms with E-state index >= 15 is 0 Å². The van der Waals surface area contributed by atoms with E-state index in [1.165, 1.54) is 0 Å². The first-order chi connectivity index (χ1) is 9.12. The number of anilines is 1. The zero-order valence-corrected chi connectivity index (χ0v) is 12.9. The number of carbonyl (C=O) groups is 1. The van der Waals surface area contributed by atoms with Crippen molar-refractivity contribution in [1.82, 2.24) is 0 Å². The van der Waals surface area contributed by atoms with E-state index in [0.717, 1.165) is 5.56 Å². The van der Waals surface area contributed by atoms with Crippen LogP contribution in [-0.2, 0) is 25.8 Å². The summed E-state index contributed by atoms with van der Waals surface area (Å²) in [7, 11) is -3.27. The van der Waals surface area contributed by atoms with E-state index < -0.39 is 20.6 Å². The van der Waals surface area contributed by atoms with Crippen LogP contribution in [-0.4, -0.2) is 31.5 Å². The van der Waals surface area contributed by atoms with Crippen LogP contribution in [0.3, 0.4) is 0 Å². The smallest absolute Gasteiger partial charge is 0.310 e. The van der Waals surface area contributed by atoms with Gasteiger partial charge in [0.15, 0.2) is 9.84 Å². The number of nitrogens with two attached hydrogens (primary N) is 1. The van der Waals surface area contributed by atoms with Gasteiger partial charge in [-0.15, -0.1) is 0 Å². The van der Waals surface area contributed by atoms with Gasteiger partial charge in [0.05, 0.1) is 16.9 Å². The van der Waals surface area contributed by atoms with Crippen molar-refractivity contribution in [3.63, 3.8) is 0 Å². The molecule has 0 aliphatic rings. The molecule has 5 nitrogen and oxygen atoms in total. The van der Waals surface area contributed by atoms with Crippen LogP contribution in [0, 0.1) is 0 Å². The van der Waals surface area contributed by atoms with Gasteiger partial charge in [0, 0.05) is 5.69 Å². The topological polar surface area (TPSA) is 86.5 Å². The maximum Gasteiger partial charge on any atom is 0.310 e. The molecule has 0 atom stereocenters. The third-order valence-corrected chi connectivity index (χ3v) is 5.42. The van der Waals surface area contributed by atoms with Gasteiger partial charge in [-0.25, -0.2) is 8.42 Å². The van der Waals surface area contributed by atoms with Crippen LogP contribution in [0.2, 0.25) is 0 Å². The SMILES string of the molecule is CC(C)(C)S(=O)(=O)CCOC(=O)Cc1cccc(N)c1. The maximum atomic E-state index is 11.8. The van der Waals surface area contributed by atoms with Gasteiger partial charge >= 0.3 is 5.97 Å². The van der Waals surface area contributed by atoms with Gasteiger partial charge in [-0.2, -0.15) is 0 Å². The van der Waals surface area contributed by atoms with Crippen molar-refractivity contribution in [1.29, 1.82) is 0 Å². The fraction of sp³-hybridized carbons (Fsp3) is 0.500. The molecule has 0 radical (unpaired) electrons. The molecule has 1 aromatic carbocycles. The Hall–Kier alpha value is -1.56. The predicted molar refractivity (Wildman–Crippen MR) is 79.1 cm³/mol. The van der Waals surface area contributed by atoms with E-state index in [9.17, 15) is 13.2 Å². The van der Waals surface area contributed by atoms with Gasteiger partial charge < -0.3 is 10.5 Å². The highest BCUT2D eigenvalue weighted by Gasteiger charge is 2.28. The summed E-state index contributed by atoms with van der Waals surface area (Å²) in [6.07, 6.45) is 0.0839. The highest BCUT2D eigenvalue weighted by molar-refractivity contribution is 7.92. The molecule has 0 aromatic heterocycles. The number of carbonyl (C=O) groups excluding carboxylic acids is 1. The predicted octanol–water partition coefficient (Wildman–Crippen LogP) is 1.57. The summed E-state index contributed by atoms with van der Waals surface area (Å²) in [5.41, 5.74) is 6.93. The molecular weight excluding hydrogens is 278 g/mol. The van der Waals surface area contributed by atoms with Gasteiger partial charge in [-0.1, -0.05) is 12.1 Å². The van der Waals surface area contributed by atoms with Crippen molar-refractivity contribution in [2.45, 2.75) is 31.9 Å². The minimum absolute atomic E-state index is 0.0839. The Bertz CT molecular complexity index is 573. The molecule has 112 valence electrons. The summed E-state index contributed by atoms with van der Waals surface area (Å²) in [5, 5.41) is 0. The zero-order chi connectivity index (χ0) is 15.4. The molecule has 0 aliphatic heterocycles. The van der Waals surface area contributed by atoms with E-state index in [-0.39, 0.29) is 18.8 Å². The number of hydrogen-bond acceptors (Lipinski definition) is 5. The monoisotopic (exact) mass is 299 g/mol. The van der Waals surface area contributed by atoms with Gasteiger partial charge in [0.25, 0.3) is 0 Å². The Morgan fingerprint density at radius 2 is 1.95 bits per heavy atom. The van der Waals surface area contributed by atoms with Crippen LogP contribution >= 0.6 is 0 Å². The fourth-order valence-corrected chi connectivity index (χ4v) is 2.41. The lowest BCUT2D eigenvalue weighted by atomic mass is 10.1. The fourth-order valence-electron chi connectivity index (χ4n) is 1.49. The third-order valence-electron chi connectivity index (χ3n) is 2.85. The quantitative estimate of drug-likeness (QED) is 0.658. The normalized spacial score (nSPS) is 12.2. The van der Waals surface area contributed by atoms with E-state index in [4.69, 9.17) is 10.5 Å². The molecule has 0 heterocycles. The number of rotatable bonds is 5. The highest BCUT2D eigenvalue weighted by atomic mass is 32.2. The first-order valence-corrected chi connectivity index (χ1v) is 7.99. The third kappa shape index (κ3) is 4.85. The summed E-state index contributed by atoms with van der Waals surface area (Å²) in [5.74, 6) is -0.626. The lowest BCUT2D eigenvalue weighted by Gasteiger charge is -2.18. The average molecular weight is 299 g/mol. The molecule has 0 fully saturated rings. The second-order valence-corrected chi connectivity index (χ2v) is 8.44. The lowest BCUT2D eigenvalue weighted by molar-refractivity contribution is -0.142. The minimum atomic E-state index is -3.27. The molecule has 20 heavy (non-hydrogen) atoms. The second-order valence-electron chi connectivity index (χ2n) is 5.57. The van der Waals surface area contributed by atoms with Crippen LogP contribution < -0.4 is 5.73 Å². The maximum absolute atomic E-state index is 11.8. The van der Waals surface area contributed by atoms with Gasteiger partial charge in [0.2, 0.25) is 0 Å². The molecule has 6 heteroatoms. The van der Waals surface area contributed by atoms with Crippen molar-refractivity contribution >= 4 is 21.5 Å². The van der Waals surface area contributed by atoms with E-state index in [0.29, 0.717) is 5.69 Å². The molecule has 0 bridgehead atoms. The van der Waals surface area contributed by atoms with E-state index in [2.05, 4.69) is 0 Å². The van der Waals surface area contributed by atoms with Gasteiger partial charge in [-0.05, 0) is 38.5 Å². The van der Waals surface area contributed by atoms with E-state index in [1.54, 1.807) is 45.0 Å². The molecule has 0 unspecified atom stereocenters. The summed E-state index contributed by atoms with van der Waals surface area (Å²) in [6.45, 7) is 4.74. The van der Waals surface area contributed by atoms with Crippen molar-refractivity contribution in [2.75, 3.05) is 18.1 Å². The van der Waals surface area contributed by atoms with Crippen LogP contribution in [0.5, 0.6) is 0 Å². The molecule has 1 aromatic rings. The Morgan fingerprint density at radius 3 is 2.50 bits per heavy atom. The van der Waals surface area contributed by atoms with Gasteiger partial charge in [-0.3, -0.25) is 4.79 Å². The number of hydrogen-bond donors (Lipinski definition) is 1. The standard InChI is InChI=1S/C14H21NO4S/c1-14(2,3)20(17,18)8-7-19-13(16)10-11-5-4-6-12(15)9-11/h4-6,9H,7-8,10,15H2,1-3H3. The van der Waals surface area contributed by atoms with Gasteiger partial charge in [0.1, 0.15) is 6.61 Å². The largest absolute Gasteiger partial charge is 0.464 e. The number of nitrogen functional groups attached to an aromatic ring is 1. The van der Waals surface area contributed by atoms with Crippen molar-refractivity contribution < 1.29 is 17.9 Å². The zero-order valence-electron chi connectivity index (χ0n) is 12.0. The highest BCUT2D eigenvalue weighted by Crippen LogP contribution is 2.15. The molecule has 0 saturated heterocycles. The van der Waals surface area contributed by atoms with Crippen LogP contribution in [0.25, 0.3) is 0 Å². The van der Waals surface area contributed by atoms with Crippen LogP contribution in [0.1, 0.15) is 26.3 Å². The summed E-state index contributed by atoms with van der Waals surface area (Å²) in [4.78, 5) is 11.6. The van der Waals surface area contributed by atoms with Crippen LogP contribution in [0.4, 0.5) is 5.69 Å². The summed E-state index contributed by atoms with van der Waals surface area (Å²) < 4.78 is 27.8. The number of ether oxygens (including phenoxy) is 1. The number of sulfone groups is 1. The molecular formula is C14H21NO4S. The number of esters is 1. The molecule has 0 spiro atoms. The second kappa shape index (κ2) is 6.26. The minimum Gasteiger partial charge on any atom is -0.464 e. The molecule has 0 amide bonds. The number of benzene rings is 1. The molecule has 2 N–H and O–H groups in total. The first-order valence-electron chi connectivity index (χ1n) is 6.34. The lowest BCUT2D eigenvalue weighted by Crippen LogP contribution is -2.32. The summed E-state index contributed by atoms with van der Waals surface area (Å²) >= 11 is 0. The Kier molecular flexibility index (Phi) is 5.16. The Labute approximate surface area is 120 Å². The van der Waals surface area contributed by atoms with Crippen molar-refractivity contribution in [3.8, 4) is 0 Å². The van der Waals surface area contributed by atoms with Crippen LogP contribution in [0.15, 0.2) is 24.3 Å². The average Bonchev–Trinajstić information content (AvgIpc) is 2.26. The van der Waals surface area contributed by atoms with E-state index in [1.807, 2.05) is 0 Å². The first kappa shape index (κ1) is 16.5. The molecule has 0 saturated carbocycles. The molecule has 0 aliphatic carbocycles. The Morgan fingerprint density at radius 1 is 1.30 bits per heavy atom. The van der Waals surface area contributed by atoms with Crippen molar-refractivity contribution in [3.05, 3.63) is 29.8 Å². The van der Waals surface area contributed by atoms with Crippen molar-refractivity contribution in [2.24, 2.45) is 0 Å². The summed E-state index contributed by atoms with van der Waals surface area (Å²) in [6, 6.07) is 6.93. The molecule has 1 rings (SSSR count).